The molecule has 0 radical (unpaired) electrons. The van der Waals surface area contributed by atoms with Crippen molar-refractivity contribution in [3.05, 3.63) is 57.8 Å². The van der Waals surface area contributed by atoms with Crippen LogP contribution in [0.4, 0.5) is 0 Å². The second kappa shape index (κ2) is 6.65. The summed E-state index contributed by atoms with van der Waals surface area (Å²) in [6.07, 6.45) is 0.331. The third-order valence-electron chi connectivity index (χ3n) is 3.30. The fourth-order valence-corrected chi connectivity index (χ4v) is 2.97. The molecule has 2 aromatic rings. The zero-order chi connectivity index (χ0) is 15.4. The number of hydrogen-bond donors (Lipinski definition) is 1. The molecule has 0 fully saturated rings. The number of hydrogen-bond acceptors (Lipinski definition) is 4. The first-order valence-electron chi connectivity index (χ1n) is 6.59. The van der Waals surface area contributed by atoms with E-state index in [0.29, 0.717) is 12.0 Å². The lowest BCUT2D eigenvalue weighted by Crippen LogP contribution is -2.28. The average Bonchev–Trinajstić information content (AvgIpc) is 2.92. The summed E-state index contributed by atoms with van der Waals surface area (Å²) in [4.78, 5) is 25.5. The van der Waals surface area contributed by atoms with E-state index in [0.717, 1.165) is 11.1 Å². The SMILES string of the molecule is CN(C)C(C(=O)Cc1ccc(C(N)=O)cc1)c1ccsc1. The summed E-state index contributed by atoms with van der Waals surface area (Å²) in [5.74, 6) is -0.331. The van der Waals surface area contributed by atoms with Gasteiger partial charge in [0.15, 0.2) is 5.78 Å². The highest BCUT2D eigenvalue weighted by molar-refractivity contribution is 7.08. The highest BCUT2D eigenvalue weighted by Crippen LogP contribution is 2.23. The number of nitrogens with two attached hydrogens (primary N) is 1. The Morgan fingerprint density at radius 2 is 1.86 bits per heavy atom. The summed E-state index contributed by atoms with van der Waals surface area (Å²) >= 11 is 1.58. The standard InChI is InChI=1S/C16H18N2O2S/c1-18(2)15(13-7-8-21-10-13)14(19)9-11-3-5-12(6-4-11)16(17)20/h3-8,10,15H,9H2,1-2H3,(H2,17,20). The highest BCUT2D eigenvalue weighted by atomic mass is 32.1. The second-order valence-electron chi connectivity index (χ2n) is 5.13. The van der Waals surface area contributed by atoms with E-state index in [2.05, 4.69) is 0 Å². The van der Waals surface area contributed by atoms with Gasteiger partial charge in [-0.1, -0.05) is 12.1 Å². The number of rotatable bonds is 6. The van der Waals surface area contributed by atoms with Crippen LogP contribution in [0.2, 0.25) is 0 Å². The molecule has 1 aromatic heterocycles. The first-order chi connectivity index (χ1) is 9.99. The van der Waals surface area contributed by atoms with Crippen molar-refractivity contribution in [1.29, 1.82) is 0 Å². The average molecular weight is 302 g/mol. The van der Waals surface area contributed by atoms with Gasteiger partial charge in [0.25, 0.3) is 0 Å². The number of Topliss-reactive ketones (excluding diaryl/α,β-unsaturated/α-hetero) is 1. The number of ketones is 1. The van der Waals surface area contributed by atoms with Crippen molar-refractivity contribution < 1.29 is 9.59 Å². The molecule has 0 aliphatic rings. The molecular formula is C16H18N2O2S. The Hall–Kier alpha value is -1.98. The van der Waals surface area contributed by atoms with Crippen molar-refractivity contribution >= 4 is 23.0 Å². The molecule has 21 heavy (non-hydrogen) atoms. The Labute approximate surface area is 128 Å². The Balaban J connectivity index is 2.14. The van der Waals surface area contributed by atoms with E-state index in [1.54, 1.807) is 35.6 Å². The molecule has 0 aliphatic heterocycles. The van der Waals surface area contributed by atoms with Gasteiger partial charge in [-0.15, -0.1) is 0 Å². The van der Waals surface area contributed by atoms with E-state index < -0.39 is 5.91 Å². The van der Waals surface area contributed by atoms with Crippen LogP contribution in [0.15, 0.2) is 41.1 Å². The third kappa shape index (κ3) is 3.77. The van der Waals surface area contributed by atoms with Crippen LogP contribution in [0.5, 0.6) is 0 Å². The van der Waals surface area contributed by atoms with Gasteiger partial charge in [0.2, 0.25) is 5.91 Å². The maximum Gasteiger partial charge on any atom is 0.248 e. The molecule has 0 spiro atoms. The molecule has 4 nitrogen and oxygen atoms in total. The largest absolute Gasteiger partial charge is 0.366 e. The number of thiophene rings is 1. The molecule has 0 saturated heterocycles. The zero-order valence-corrected chi connectivity index (χ0v) is 12.9. The Morgan fingerprint density at radius 1 is 1.19 bits per heavy atom. The van der Waals surface area contributed by atoms with Gasteiger partial charge in [-0.3, -0.25) is 14.5 Å². The van der Waals surface area contributed by atoms with Gasteiger partial charge in [0.05, 0.1) is 6.04 Å². The van der Waals surface area contributed by atoms with E-state index in [-0.39, 0.29) is 11.8 Å². The summed E-state index contributed by atoms with van der Waals surface area (Å²) in [6, 6.07) is 8.59. The molecule has 1 atom stereocenters. The summed E-state index contributed by atoms with van der Waals surface area (Å²) in [5.41, 5.74) is 7.56. The van der Waals surface area contributed by atoms with Gasteiger partial charge < -0.3 is 5.73 Å². The van der Waals surface area contributed by atoms with Gasteiger partial charge >= 0.3 is 0 Å². The van der Waals surface area contributed by atoms with Crippen LogP contribution in [0, 0.1) is 0 Å². The smallest absolute Gasteiger partial charge is 0.248 e. The van der Waals surface area contributed by atoms with Crippen molar-refractivity contribution in [1.82, 2.24) is 4.90 Å². The van der Waals surface area contributed by atoms with Crippen LogP contribution in [-0.4, -0.2) is 30.7 Å². The number of carbonyl (C=O) groups is 2. The topological polar surface area (TPSA) is 63.4 Å². The van der Waals surface area contributed by atoms with Crippen molar-refractivity contribution in [2.24, 2.45) is 5.73 Å². The molecule has 0 saturated carbocycles. The zero-order valence-electron chi connectivity index (χ0n) is 12.1. The summed E-state index contributed by atoms with van der Waals surface area (Å²) in [7, 11) is 3.80. The maximum atomic E-state index is 12.5. The van der Waals surface area contributed by atoms with E-state index in [1.807, 2.05) is 35.8 Å². The van der Waals surface area contributed by atoms with E-state index in [4.69, 9.17) is 5.73 Å². The quantitative estimate of drug-likeness (QED) is 0.890. The molecule has 0 bridgehead atoms. The Kier molecular flexibility index (Phi) is 4.88. The molecule has 1 unspecified atom stereocenters. The van der Waals surface area contributed by atoms with Gasteiger partial charge in [-0.2, -0.15) is 11.3 Å². The number of primary amides is 1. The lowest BCUT2D eigenvalue weighted by Gasteiger charge is -2.22. The van der Waals surface area contributed by atoms with E-state index >= 15 is 0 Å². The third-order valence-corrected chi connectivity index (χ3v) is 4.00. The van der Waals surface area contributed by atoms with Crippen molar-refractivity contribution in [3.8, 4) is 0 Å². The molecule has 110 valence electrons. The number of amides is 1. The van der Waals surface area contributed by atoms with E-state index in [1.165, 1.54) is 0 Å². The minimum atomic E-state index is -0.461. The molecule has 2 N–H and O–H groups in total. The molecule has 2 rings (SSSR count). The number of likely N-dealkylation sites (N-methyl/N-ethyl adjacent to an activating group) is 1. The van der Waals surface area contributed by atoms with Crippen LogP contribution in [0.25, 0.3) is 0 Å². The predicted molar refractivity (Wildman–Crippen MR) is 84.4 cm³/mol. The minimum Gasteiger partial charge on any atom is -0.366 e. The number of nitrogens with zero attached hydrogens (tertiary/aromatic N) is 1. The monoisotopic (exact) mass is 302 g/mol. The molecular weight excluding hydrogens is 284 g/mol. The minimum absolute atomic E-state index is 0.130. The first-order valence-corrected chi connectivity index (χ1v) is 7.53. The molecule has 1 amide bonds. The maximum absolute atomic E-state index is 12.5. The number of benzene rings is 1. The fourth-order valence-electron chi connectivity index (χ4n) is 2.29. The van der Waals surface area contributed by atoms with E-state index in [9.17, 15) is 9.59 Å². The van der Waals surface area contributed by atoms with Crippen LogP contribution in [0.1, 0.15) is 27.5 Å². The van der Waals surface area contributed by atoms with Gasteiger partial charge in [-0.25, -0.2) is 0 Å². The lowest BCUT2D eigenvalue weighted by atomic mass is 9.98. The van der Waals surface area contributed by atoms with Crippen LogP contribution in [-0.2, 0) is 11.2 Å². The van der Waals surface area contributed by atoms with Crippen LogP contribution in [0.3, 0.4) is 0 Å². The van der Waals surface area contributed by atoms with Crippen molar-refractivity contribution in [2.75, 3.05) is 14.1 Å². The van der Waals surface area contributed by atoms with Gasteiger partial charge in [0, 0.05) is 12.0 Å². The van der Waals surface area contributed by atoms with Crippen LogP contribution < -0.4 is 5.73 Å². The highest BCUT2D eigenvalue weighted by Gasteiger charge is 2.23. The Morgan fingerprint density at radius 3 is 2.33 bits per heavy atom. The Bertz CT molecular complexity index is 618. The number of carbonyl (C=O) groups excluding carboxylic acids is 2. The normalized spacial score (nSPS) is 12.3. The van der Waals surface area contributed by atoms with Gasteiger partial charge in [0.1, 0.15) is 0 Å². The summed E-state index contributed by atoms with van der Waals surface area (Å²) in [5, 5.41) is 3.97. The molecule has 1 aromatic carbocycles. The molecule has 1 heterocycles. The molecule has 5 heteroatoms. The summed E-state index contributed by atoms with van der Waals surface area (Å²) in [6.45, 7) is 0. The van der Waals surface area contributed by atoms with Crippen LogP contribution >= 0.6 is 11.3 Å². The lowest BCUT2D eigenvalue weighted by molar-refractivity contribution is -0.123. The molecule has 0 aliphatic carbocycles. The van der Waals surface area contributed by atoms with Crippen molar-refractivity contribution in [3.63, 3.8) is 0 Å². The second-order valence-corrected chi connectivity index (χ2v) is 5.91. The van der Waals surface area contributed by atoms with Crippen molar-refractivity contribution in [2.45, 2.75) is 12.5 Å². The first kappa shape index (κ1) is 15.4. The summed E-state index contributed by atoms with van der Waals surface area (Å²) < 4.78 is 0. The predicted octanol–water partition coefficient (Wildman–Crippen LogP) is 2.26. The fraction of sp³-hybridized carbons (Fsp3) is 0.250. The van der Waals surface area contributed by atoms with Gasteiger partial charge in [-0.05, 0) is 54.2 Å².